The molecule has 0 bridgehead atoms. The molecule has 178 valence electrons. The van der Waals surface area contributed by atoms with E-state index in [0.717, 1.165) is 39.0 Å². The van der Waals surface area contributed by atoms with Crippen molar-refractivity contribution < 1.29 is 23.5 Å². The normalized spacial score (nSPS) is 11.4. The summed E-state index contributed by atoms with van der Waals surface area (Å²) in [5.74, 6) is 1.08. The number of benzene rings is 3. The zero-order valence-electron chi connectivity index (χ0n) is 20.4. The van der Waals surface area contributed by atoms with Gasteiger partial charge in [-0.1, -0.05) is 18.2 Å². The summed E-state index contributed by atoms with van der Waals surface area (Å²) < 4.78 is 17.2. The number of fused-ring (bicyclic) bond motifs is 1. The Morgan fingerprint density at radius 3 is 2.31 bits per heavy atom. The molecule has 0 saturated carbocycles. The van der Waals surface area contributed by atoms with Gasteiger partial charge in [-0.3, -0.25) is 9.59 Å². The van der Waals surface area contributed by atoms with Crippen LogP contribution < -0.4 is 14.8 Å². The minimum absolute atomic E-state index is 0.0248. The minimum Gasteiger partial charge on any atom is -0.496 e. The molecule has 3 aromatic carbocycles. The van der Waals surface area contributed by atoms with Gasteiger partial charge >= 0.3 is 0 Å². The molecule has 6 nitrogen and oxygen atoms in total. The van der Waals surface area contributed by atoms with Gasteiger partial charge in [0, 0.05) is 45.0 Å². The largest absolute Gasteiger partial charge is 0.496 e. The van der Waals surface area contributed by atoms with Crippen LogP contribution in [-0.2, 0) is 4.79 Å². The number of carbonyl (C=O) groups is 2. The first-order valence-corrected chi connectivity index (χ1v) is 11.2. The van der Waals surface area contributed by atoms with Gasteiger partial charge in [0.05, 0.1) is 20.5 Å². The van der Waals surface area contributed by atoms with E-state index >= 15 is 0 Å². The molecule has 0 saturated heterocycles. The van der Waals surface area contributed by atoms with Crippen LogP contribution in [0.4, 0.5) is 5.69 Å². The molecule has 1 amide bonds. The summed E-state index contributed by atoms with van der Waals surface area (Å²) in [4.78, 5) is 24.2. The maximum Gasteiger partial charge on any atom is 0.248 e. The van der Waals surface area contributed by atoms with Crippen molar-refractivity contribution in [3.8, 4) is 22.6 Å². The quantitative estimate of drug-likeness (QED) is 0.242. The Labute approximate surface area is 204 Å². The number of anilines is 1. The molecule has 0 radical (unpaired) electrons. The lowest BCUT2D eigenvalue weighted by Gasteiger charge is -2.14. The van der Waals surface area contributed by atoms with Gasteiger partial charge in [0.15, 0.2) is 5.78 Å². The SMILES string of the molecule is COc1ccccc1-c1coc2c(C)c(OC)c(/C(C)=C/C(=O)Nc3ccc(C(C)=O)cc3)cc12. The van der Waals surface area contributed by atoms with Gasteiger partial charge < -0.3 is 19.2 Å². The first kappa shape index (κ1) is 23.8. The van der Waals surface area contributed by atoms with Crippen molar-refractivity contribution in [3.63, 3.8) is 0 Å². The highest BCUT2D eigenvalue weighted by Gasteiger charge is 2.20. The fourth-order valence-electron chi connectivity index (χ4n) is 4.19. The van der Waals surface area contributed by atoms with E-state index in [4.69, 9.17) is 13.9 Å². The first-order valence-electron chi connectivity index (χ1n) is 11.2. The molecule has 6 heteroatoms. The molecule has 1 aromatic heterocycles. The molecule has 0 aliphatic rings. The lowest BCUT2D eigenvalue weighted by molar-refractivity contribution is -0.111. The monoisotopic (exact) mass is 469 g/mol. The second-order valence-corrected chi connectivity index (χ2v) is 8.26. The fourth-order valence-corrected chi connectivity index (χ4v) is 4.19. The van der Waals surface area contributed by atoms with Crippen molar-refractivity contribution in [3.05, 3.63) is 83.6 Å². The summed E-state index contributed by atoms with van der Waals surface area (Å²) in [7, 11) is 3.24. The first-order chi connectivity index (χ1) is 16.8. The molecule has 0 atom stereocenters. The second kappa shape index (κ2) is 9.89. The Hall–Kier alpha value is -4.32. The van der Waals surface area contributed by atoms with Gasteiger partial charge in [0.1, 0.15) is 17.1 Å². The van der Waals surface area contributed by atoms with Crippen LogP contribution in [0.25, 0.3) is 27.7 Å². The number of ether oxygens (including phenoxy) is 2. The molecule has 0 unspecified atom stereocenters. The van der Waals surface area contributed by atoms with Crippen molar-refractivity contribution in [1.29, 1.82) is 0 Å². The van der Waals surface area contributed by atoms with Crippen LogP contribution in [0.3, 0.4) is 0 Å². The van der Waals surface area contributed by atoms with Crippen LogP contribution in [0.5, 0.6) is 11.5 Å². The van der Waals surface area contributed by atoms with E-state index in [1.165, 1.54) is 13.0 Å². The fraction of sp³-hybridized carbons (Fsp3) is 0.172. The number of hydrogen-bond acceptors (Lipinski definition) is 5. The van der Waals surface area contributed by atoms with Crippen LogP contribution in [0, 0.1) is 6.92 Å². The van der Waals surface area contributed by atoms with Crippen molar-refractivity contribution in [2.45, 2.75) is 20.8 Å². The summed E-state index contributed by atoms with van der Waals surface area (Å²) in [6.45, 7) is 5.31. The van der Waals surface area contributed by atoms with Gasteiger partial charge in [0.2, 0.25) is 5.91 Å². The van der Waals surface area contributed by atoms with Crippen LogP contribution in [0.15, 0.2) is 71.4 Å². The number of methoxy groups -OCH3 is 2. The molecule has 4 rings (SSSR count). The molecule has 0 spiro atoms. The predicted octanol–water partition coefficient (Wildman–Crippen LogP) is 6.67. The maximum atomic E-state index is 12.8. The summed E-state index contributed by atoms with van der Waals surface area (Å²) >= 11 is 0. The number of rotatable bonds is 7. The number of aryl methyl sites for hydroxylation is 1. The number of amides is 1. The highest BCUT2D eigenvalue weighted by molar-refractivity contribution is 6.06. The highest BCUT2D eigenvalue weighted by Crippen LogP contribution is 2.42. The Morgan fingerprint density at radius 1 is 0.943 bits per heavy atom. The summed E-state index contributed by atoms with van der Waals surface area (Å²) in [5.41, 5.74) is 6.09. The lowest BCUT2D eigenvalue weighted by atomic mass is 9.96. The smallest absolute Gasteiger partial charge is 0.248 e. The lowest BCUT2D eigenvalue weighted by Crippen LogP contribution is -2.09. The molecule has 1 heterocycles. The van der Waals surface area contributed by atoms with E-state index in [2.05, 4.69) is 5.32 Å². The third kappa shape index (κ3) is 4.68. The van der Waals surface area contributed by atoms with Gasteiger partial charge in [-0.15, -0.1) is 0 Å². The van der Waals surface area contributed by atoms with Gasteiger partial charge in [-0.2, -0.15) is 0 Å². The van der Waals surface area contributed by atoms with Crippen LogP contribution in [0.1, 0.15) is 35.3 Å². The van der Waals surface area contributed by atoms with E-state index < -0.39 is 0 Å². The molecule has 0 fully saturated rings. The van der Waals surface area contributed by atoms with E-state index in [9.17, 15) is 9.59 Å². The van der Waals surface area contributed by atoms with E-state index in [1.807, 2.05) is 44.2 Å². The number of ketones is 1. The number of allylic oxidation sites excluding steroid dienone is 1. The van der Waals surface area contributed by atoms with Crippen molar-refractivity contribution in [1.82, 2.24) is 0 Å². The van der Waals surface area contributed by atoms with Crippen LogP contribution >= 0.6 is 0 Å². The maximum absolute atomic E-state index is 12.8. The third-order valence-corrected chi connectivity index (χ3v) is 5.98. The molecule has 4 aromatic rings. The Kier molecular flexibility index (Phi) is 6.73. The zero-order valence-corrected chi connectivity index (χ0v) is 20.4. The number of carbonyl (C=O) groups excluding carboxylic acids is 2. The average Bonchev–Trinajstić information content (AvgIpc) is 3.28. The van der Waals surface area contributed by atoms with Crippen molar-refractivity contribution >= 4 is 33.9 Å². The zero-order chi connectivity index (χ0) is 25.1. The summed E-state index contributed by atoms with van der Waals surface area (Å²) in [6, 6.07) is 16.5. The van der Waals surface area contributed by atoms with Gasteiger partial charge in [0.25, 0.3) is 0 Å². The number of Topliss-reactive ketones (excluding diaryl/α,β-unsaturated/α-hetero) is 1. The van der Waals surface area contributed by atoms with E-state index in [0.29, 0.717) is 22.6 Å². The molecular weight excluding hydrogens is 442 g/mol. The van der Waals surface area contributed by atoms with Crippen LogP contribution in [0.2, 0.25) is 0 Å². The van der Waals surface area contributed by atoms with Gasteiger partial charge in [-0.25, -0.2) is 0 Å². The standard InChI is InChI=1S/C29H27NO5/c1-17(14-27(32)30-21-12-10-20(11-13-21)19(3)31)23-15-24-25(22-8-6-7-9-26(22)33-4)16-35-29(24)18(2)28(23)34-5/h6-16H,1-5H3,(H,30,32)/b17-14+. The van der Waals surface area contributed by atoms with Gasteiger partial charge in [-0.05, 0) is 62.7 Å². The molecule has 0 aliphatic carbocycles. The topological polar surface area (TPSA) is 77.8 Å². The average molecular weight is 470 g/mol. The Morgan fingerprint density at radius 2 is 1.66 bits per heavy atom. The van der Waals surface area contributed by atoms with E-state index in [-0.39, 0.29) is 11.7 Å². The summed E-state index contributed by atoms with van der Waals surface area (Å²) in [6.07, 6.45) is 3.25. The molecule has 1 N–H and O–H groups in total. The van der Waals surface area contributed by atoms with E-state index in [1.54, 1.807) is 44.7 Å². The molecule has 0 aliphatic heterocycles. The summed E-state index contributed by atoms with van der Waals surface area (Å²) in [5, 5.41) is 3.74. The second-order valence-electron chi connectivity index (χ2n) is 8.26. The molecule has 35 heavy (non-hydrogen) atoms. The Bertz CT molecular complexity index is 1440. The number of para-hydroxylation sites is 1. The van der Waals surface area contributed by atoms with Crippen molar-refractivity contribution in [2.75, 3.05) is 19.5 Å². The number of hydrogen-bond donors (Lipinski definition) is 1. The number of furan rings is 1. The molecular formula is C29H27NO5. The van der Waals surface area contributed by atoms with Crippen LogP contribution in [-0.4, -0.2) is 25.9 Å². The Balaban J connectivity index is 1.73. The predicted molar refractivity (Wildman–Crippen MR) is 138 cm³/mol. The number of nitrogens with one attached hydrogen (secondary N) is 1. The third-order valence-electron chi connectivity index (χ3n) is 5.98. The minimum atomic E-state index is -0.282. The highest BCUT2D eigenvalue weighted by atomic mass is 16.5. The van der Waals surface area contributed by atoms with Crippen molar-refractivity contribution in [2.24, 2.45) is 0 Å².